The first-order valence-electron chi connectivity index (χ1n) is 13.8. The lowest BCUT2D eigenvalue weighted by atomic mass is 10.2. The van der Waals surface area contributed by atoms with Gasteiger partial charge in [-0.25, -0.2) is 8.42 Å². The van der Waals surface area contributed by atoms with Crippen molar-refractivity contribution in [2.24, 2.45) is 5.10 Å². The summed E-state index contributed by atoms with van der Waals surface area (Å²) in [5.74, 6) is 1.15. The molecule has 0 saturated heterocycles. The van der Waals surface area contributed by atoms with Gasteiger partial charge in [0.25, 0.3) is 5.91 Å². The van der Waals surface area contributed by atoms with Gasteiger partial charge in [0, 0.05) is 19.3 Å². The number of benzene rings is 3. The molecule has 0 aliphatic carbocycles. The van der Waals surface area contributed by atoms with E-state index in [4.69, 9.17) is 15.2 Å². The van der Waals surface area contributed by atoms with Crippen molar-refractivity contribution in [3.8, 4) is 11.5 Å². The number of ether oxygens (including phenoxy) is 2. The van der Waals surface area contributed by atoms with E-state index in [-0.39, 0.29) is 10.8 Å². The fourth-order valence-corrected chi connectivity index (χ4v) is 5.57. The number of nitrogens with one attached hydrogen (secondary N) is 1. The maximum atomic E-state index is 13.0. The van der Waals surface area contributed by atoms with Crippen LogP contribution >= 0.6 is 0 Å². The Labute approximate surface area is 248 Å². The fourth-order valence-electron chi connectivity index (χ4n) is 4.12. The molecule has 4 rings (SSSR count). The number of hydrogen-bond acceptors (Lipinski definition) is 8. The molecule has 1 amide bonds. The van der Waals surface area contributed by atoms with Crippen molar-refractivity contribution in [1.82, 2.24) is 4.31 Å². The molecule has 0 spiro atoms. The molecular weight excluding hydrogens is 554 g/mol. The van der Waals surface area contributed by atoms with Crippen LogP contribution in [0.5, 0.6) is 11.5 Å². The number of nitrogens with two attached hydrogens (primary N) is 1. The zero-order chi connectivity index (χ0) is 30.7. The topological polar surface area (TPSA) is 127 Å². The number of para-hydroxylation sites is 4. The molecule has 42 heavy (non-hydrogen) atoms. The molecule has 3 aromatic rings. The van der Waals surface area contributed by atoms with Gasteiger partial charge in [-0.15, -0.1) is 0 Å². The molecule has 1 heterocycles. The lowest BCUT2D eigenvalue weighted by Gasteiger charge is -2.19. The van der Waals surface area contributed by atoms with Crippen LogP contribution < -0.4 is 25.5 Å². The number of nitrogens with zero attached hydrogens (tertiary/aromatic N) is 3. The summed E-state index contributed by atoms with van der Waals surface area (Å²) in [5.41, 5.74) is 8.48. The summed E-state index contributed by atoms with van der Waals surface area (Å²) in [6.07, 6.45) is 1.61. The van der Waals surface area contributed by atoms with Gasteiger partial charge in [-0.2, -0.15) is 14.4 Å². The molecule has 0 saturated carbocycles. The van der Waals surface area contributed by atoms with E-state index in [1.165, 1.54) is 21.4 Å². The van der Waals surface area contributed by atoms with Gasteiger partial charge >= 0.3 is 0 Å². The van der Waals surface area contributed by atoms with Crippen molar-refractivity contribution >= 4 is 38.7 Å². The smallest absolute Gasteiger partial charge is 0.282 e. The van der Waals surface area contributed by atoms with Crippen LogP contribution in [-0.4, -0.2) is 50.6 Å². The number of anilines is 3. The predicted octanol–water partition coefficient (Wildman–Crippen LogP) is 5.50. The molecule has 1 aliphatic heterocycles. The summed E-state index contributed by atoms with van der Waals surface area (Å²) in [5, 5.41) is 8.75. The van der Waals surface area contributed by atoms with E-state index in [0.29, 0.717) is 54.7 Å². The Morgan fingerprint density at radius 3 is 2.05 bits per heavy atom. The van der Waals surface area contributed by atoms with E-state index in [1.807, 2.05) is 62.4 Å². The van der Waals surface area contributed by atoms with Crippen molar-refractivity contribution in [2.45, 2.75) is 39.5 Å². The van der Waals surface area contributed by atoms with E-state index in [9.17, 15) is 13.2 Å². The molecule has 0 atom stereocenters. The number of sulfonamides is 1. The number of carbonyl (C=O) groups is 1. The molecule has 3 aromatic carbocycles. The molecule has 224 valence electrons. The van der Waals surface area contributed by atoms with Gasteiger partial charge in [0.05, 0.1) is 46.5 Å². The lowest BCUT2D eigenvalue weighted by molar-refractivity contribution is -0.114. The van der Waals surface area contributed by atoms with Crippen molar-refractivity contribution in [1.29, 1.82) is 0 Å². The summed E-state index contributed by atoms with van der Waals surface area (Å²) in [4.78, 5) is 13.2. The minimum absolute atomic E-state index is 0.183. The van der Waals surface area contributed by atoms with Crippen molar-refractivity contribution in [3.63, 3.8) is 0 Å². The average molecular weight is 594 g/mol. The van der Waals surface area contributed by atoms with Gasteiger partial charge in [-0.3, -0.25) is 4.79 Å². The molecule has 0 fully saturated rings. The SMILES string of the molecule is CCOc1ccccc1N.CCOc1ccccc1N/C=C1\C(=O)N(c2ccc(S(=O)(=O)N(CC)CC)cc2)N=C1C. The van der Waals surface area contributed by atoms with Crippen LogP contribution in [-0.2, 0) is 14.8 Å². The molecule has 1 aliphatic rings. The summed E-state index contributed by atoms with van der Waals surface area (Å²) < 4.78 is 37.6. The Kier molecular flexibility index (Phi) is 11.5. The van der Waals surface area contributed by atoms with Crippen molar-refractivity contribution < 1.29 is 22.7 Å². The minimum atomic E-state index is -3.56. The normalized spacial score (nSPS) is 14.0. The highest BCUT2D eigenvalue weighted by Crippen LogP contribution is 2.28. The van der Waals surface area contributed by atoms with E-state index < -0.39 is 10.0 Å². The standard InChI is InChI=1S/C23H28N4O4S.C8H11NO/c1-5-26(6-2)32(29,30)19-14-12-18(13-15-19)27-23(28)20(17(4)25-27)16-24-21-10-8-9-11-22(21)31-7-3;1-2-10-8-6-4-3-5-7(8)9/h8-16,24H,5-7H2,1-4H3;3-6H,2,9H2,1H3/b20-16-;. The highest BCUT2D eigenvalue weighted by Gasteiger charge is 2.29. The quantitative estimate of drug-likeness (QED) is 0.222. The molecule has 0 bridgehead atoms. The van der Waals surface area contributed by atoms with Gasteiger partial charge in [0.2, 0.25) is 10.0 Å². The molecular formula is C31H39N5O5S. The first-order chi connectivity index (χ1) is 20.2. The molecule has 0 unspecified atom stereocenters. The van der Waals surface area contributed by atoms with Crippen LogP contribution in [0.4, 0.5) is 17.1 Å². The maximum Gasteiger partial charge on any atom is 0.282 e. The molecule has 3 N–H and O–H groups in total. The Hall–Kier alpha value is -4.35. The van der Waals surface area contributed by atoms with Crippen LogP contribution in [0.15, 0.2) is 94.6 Å². The van der Waals surface area contributed by atoms with Crippen LogP contribution in [0.2, 0.25) is 0 Å². The van der Waals surface area contributed by atoms with Gasteiger partial charge < -0.3 is 20.5 Å². The third-order valence-corrected chi connectivity index (χ3v) is 8.33. The van der Waals surface area contributed by atoms with E-state index in [0.717, 1.165) is 11.4 Å². The summed E-state index contributed by atoms with van der Waals surface area (Å²) in [7, 11) is -3.56. The first kappa shape index (κ1) is 32.2. The summed E-state index contributed by atoms with van der Waals surface area (Å²) in [6, 6.07) is 21.1. The highest BCUT2D eigenvalue weighted by atomic mass is 32.2. The van der Waals surface area contributed by atoms with Gasteiger partial charge in [0.15, 0.2) is 0 Å². The predicted molar refractivity (Wildman–Crippen MR) is 168 cm³/mol. The largest absolute Gasteiger partial charge is 0.492 e. The van der Waals surface area contributed by atoms with E-state index in [2.05, 4.69) is 10.4 Å². The lowest BCUT2D eigenvalue weighted by Crippen LogP contribution is -2.30. The van der Waals surface area contributed by atoms with Gasteiger partial charge in [0.1, 0.15) is 11.5 Å². The van der Waals surface area contributed by atoms with Gasteiger partial charge in [-0.05, 0) is 69.3 Å². The second kappa shape index (κ2) is 15.0. The molecule has 11 heteroatoms. The fraction of sp³-hybridized carbons (Fsp3) is 0.290. The molecule has 0 aromatic heterocycles. The Bertz CT molecular complexity index is 1520. The Balaban J connectivity index is 0.000000408. The minimum Gasteiger partial charge on any atom is -0.492 e. The Morgan fingerprint density at radius 2 is 1.45 bits per heavy atom. The first-order valence-corrected chi connectivity index (χ1v) is 15.3. The van der Waals surface area contributed by atoms with Crippen LogP contribution in [0.1, 0.15) is 34.6 Å². The summed E-state index contributed by atoms with van der Waals surface area (Å²) in [6.45, 7) is 11.2. The highest BCUT2D eigenvalue weighted by molar-refractivity contribution is 7.89. The zero-order valence-corrected chi connectivity index (χ0v) is 25.5. The van der Waals surface area contributed by atoms with Crippen molar-refractivity contribution in [2.75, 3.05) is 42.4 Å². The molecule has 10 nitrogen and oxygen atoms in total. The average Bonchev–Trinajstić information content (AvgIpc) is 3.27. The third kappa shape index (κ3) is 7.68. The third-order valence-electron chi connectivity index (χ3n) is 6.26. The zero-order valence-electron chi connectivity index (χ0n) is 24.7. The van der Waals surface area contributed by atoms with Gasteiger partial charge in [-0.1, -0.05) is 38.1 Å². The monoisotopic (exact) mass is 593 g/mol. The van der Waals surface area contributed by atoms with Crippen molar-refractivity contribution in [3.05, 3.63) is 84.6 Å². The number of nitrogen functional groups attached to an aromatic ring is 1. The van der Waals surface area contributed by atoms with Crippen LogP contribution in [0.3, 0.4) is 0 Å². The van der Waals surface area contributed by atoms with Crippen LogP contribution in [0, 0.1) is 0 Å². The number of hydrazone groups is 1. The maximum absolute atomic E-state index is 13.0. The van der Waals surface area contributed by atoms with E-state index in [1.54, 1.807) is 39.1 Å². The Morgan fingerprint density at radius 1 is 0.881 bits per heavy atom. The summed E-state index contributed by atoms with van der Waals surface area (Å²) >= 11 is 0. The number of amides is 1. The number of rotatable bonds is 11. The second-order valence-electron chi connectivity index (χ2n) is 8.99. The van der Waals surface area contributed by atoms with Crippen LogP contribution in [0.25, 0.3) is 0 Å². The number of carbonyl (C=O) groups excluding carboxylic acids is 1. The number of hydrogen-bond donors (Lipinski definition) is 2. The molecule has 0 radical (unpaired) electrons. The van der Waals surface area contributed by atoms with E-state index >= 15 is 0 Å². The second-order valence-corrected chi connectivity index (χ2v) is 10.9.